The Morgan fingerprint density at radius 2 is 1.89 bits per heavy atom. The van der Waals surface area contributed by atoms with Gasteiger partial charge in [-0.05, 0) is 47.5 Å². The maximum Gasteiger partial charge on any atom is 0.248 e. The molecule has 1 N–H and O–H groups in total. The van der Waals surface area contributed by atoms with Crippen LogP contribution < -0.4 is 4.74 Å². The lowest BCUT2D eigenvalue weighted by atomic mass is 10.0. The van der Waals surface area contributed by atoms with E-state index in [4.69, 9.17) is 20.8 Å². The molecule has 0 aliphatic carbocycles. The van der Waals surface area contributed by atoms with E-state index in [0.717, 1.165) is 28.1 Å². The number of nitrogens with zero attached hydrogens (tertiary/aromatic N) is 3. The molecule has 0 saturated carbocycles. The first-order valence-electron chi connectivity index (χ1n) is 8.23. The second kappa shape index (κ2) is 7.88. The predicted molar refractivity (Wildman–Crippen MR) is 102 cm³/mol. The number of rotatable bonds is 6. The summed E-state index contributed by atoms with van der Waals surface area (Å²) in [5.74, 6) is 1.20. The Kier molecular flexibility index (Phi) is 4.98. The third-order valence-electron chi connectivity index (χ3n) is 3.89. The van der Waals surface area contributed by atoms with Crippen LogP contribution in [0.4, 0.5) is 0 Å². The molecule has 0 atom stereocenters. The molecule has 2 aromatic heterocycles. The quantitative estimate of drug-likeness (QED) is 0.495. The zero-order valence-corrected chi connectivity index (χ0v) is 14.9. The van der Waals surface area contributed by atoms with Crippen molar-refractivity contribution in [1.82, 2.24) is 20.4 Å². The summed E-state index contributed by atoms with van der Waals surface area (Å²) in [6, 6.07) is 17.1. The van der Waals surface area contributed by atoms with Gasteiger partial charge >= 0.3 is 0 Å². The Bertz CT molecular complexity index is 1010. The molecule has 0 bridgehead atoms. The van der Waals surface area contributed by atoms with Crippen molar-refractivity contribution in [2.45, 2.75) is 6.61 Å². The van der Waals surface area contributed by atoms with Crippen LogP contribution in [0, 0.1) is 0 Å². The van der Waals surface area contributed by atoms with E-state index in [1.807, 2.05) is 60.7 Å². The second-order valence-electron chi connectivity index (χ2n) is 5.75. The first-order valence-corrected chi connectivity index (χ1v) is 8.61. The van der Waals surface area contributed by atoms with Gasteiger partial charge in [-0.15, -0.1) is 10.2 Å². The number of hydrogen-bond donors (Lipinski definition) is 1. The molecule has 0 amide bonds. The van der Waals surface area contributed by atoms with Crippen molar-refractivity contribution < 1.29 is 9.15 Å². The molecule has 0 unspecified atom stereocenters. The Morgan fingerprint density at radius 3 is 2.56 bits per heavy atom. The van der Waals surface area contributed by atoms with Gasteiger partial charge in [-0.1, -0.05) is 35.9 Å². The molecule has 0 saturated heterocycles. The molecule has 0 aliphatic rings. The summed E-state index contributed by atoms with van der Waals surface area (Å²) in [5, 5.41) is 15.3. The van der Waals surface area contributed by atoms with E-state index in [1.54, 1.807) is 6.20 Å². The molecule has 6 nitrogen and oxygen atoms in total. The molecular weight excluding hydrogens is 364 g/mol. The zero-order valence-electron chi connectivity index (χ0n) is 14.2. The molecule has 0 spiro atoms. The van der Waals surface area contributed by atoms with E-state index >= 15 is 0 Å². The van der Waals surface area contributed by atoms with E-state index < -0.39 is 0 Å². The van der Waals surface area contributed by atoms with Gasteiger partial charge in [0.1, 0.15) is 12.4 Å². The Balaban J connectivity index is 1.59. The fourth-order valence-electron chi connectivity index (χ4n) is 2.54. The van der Waals surface area contributed by atoms with Crippen molar-refractivity contribution in [3.63, 3.8) is 0 Å². The van der Waals surface area contributed by atoms with Gasteiger partial charge in [0.2, 0.25) is 12.3 Å². The van der Waals surface area contributed by atoms with Crippen LogP contribution in [-0.4, -0.2) is 20.4 Å². The number of hydrogen-bond acceptors (Lipinski definition) is 5. The highest BCUT2D eigenvalue weighted by atomic mass is 35.5. The Morgan fingerprint density at radius 1 is 1.07 bits per heavy atom. The Hall–Kier alpha value is -3.38. The summed E-state index contributed by atoms with van der Waals surface area (Å²) in [6.07, 6.45) is 4.98. The first kappa shape index (κ1) is 17.1. The van der Waals surface area contributed by atoms with Gasteiger partial charge in [0.25, 0.3) is 0 Å². The average molecular weight is 379 g/mol. The molecule has 2 aromatic carbocycles. The first-order chi connectivity index (χ1) is 13.3. The molecular formula is C20H15ClN4O2. The molecule has 7 heteroatoms. The lowest BCUT2D eigenvalue weighted by molar-refractivity contribution is 0.301. The van der Waals surface area contributed by atoms with E-state index in [0.29, 0.717) is 17.5 Å². The summed E-state index contributed by atoms with van der Waals surface area (Å²) in [6.45, 7) is 0.427. The van der Waals surface area contributed by atoms with Gasteiger partial charge in [0.05, 0.1) is 5.69 Å². The highest BCUT2D eigenvalue weighted by molar-refractivity contribution is 6.30. The standard InChI is InChI=1S/C20H15ClN4O2/c21-16-5-1-14(2-6-16)11-19(20-25-23-13-27-20)15-3-7-18(8-4-15)26-12-17-9-10-22-24-17/h1-11,13H,12H2,(H,22,24). The molecule has 4 rings (SSSR count). The topological polar surface area (TPSA) is 76.8 Å². The largest absolute Gasteiger partial charge is 0.487 e. The number of aromatic amines is 1. The molecule has 0 aliphatic heterocycles. The maximum atomic E-state index is 5.97. The molecule has 27 heavy (non-hydrogen) atoms. The van der Waals surface area contributed by atoms with Crippen molar-refractivity contribution in [2.75, 3.05) is 0 Å². The SMILES string of the molecule is Clc1ccc(C=C(c2ccc(OCc3ccn[nH]3)cc2)c2nnco2)cc1. The van der Waals surface area contributed by atoms with Crippen LogP contribution in [0.2, 0.25) is 5.02 Å². The van der Waals surface area contributed by atoms with Crippen LogP contribution in [0.25, 0.3) is 11.6 Å². The smallest absolute Gasteiger partial charge is 0.248 e. The molecule has 2 heterocycles. The van der Waals surface area contributed by atoms with Crippen molar-refractivity contribution in [3.05, 3.63) is 94.9 Å². The van der Waals surface area contributed by atoms with Gasteiger partial charge in [0, 0.05) is 16.8 Å². The van der Waals surface area contributed by atoms with Gasteiger partial charge < -0.3 is 9.15 Å². The summed E-state index contributed by atoms with van der Waals surface area (Å²) in [4.78, 5) is 0. The van der Waals surface area contributed by atoms with E-state index in [-0.39, 0.29) is 0 Å². The van der Waals surface area contributed by atoms with Crippen LogP contribution >= 0.6 is 11.6 Å². The average Bonchev–Trinajstić information content (AvgIpc) is 3.41. The van der Waals surface area contributed by atoms with Crippen molar-refractivity contribution in [1.29, 1.82) is 0 Å². The van der Waals surface area contributed by atoms with Crippen molar-refractivity contribution in [3.8, 4) is 5.75 Å². The zero-order chi connectivity index (χ0) is 18.5. The number of nitrogens with one attached hydrogen (secondary N) is 1. The number of benzene rings is 2. The highest BCUT2D eigenvalue weighted by Crippen LogP contribution is 2.27. The van der Waals surface area contributed by atoms with Gasteiger partial charge in [-0.25, -0.2) is 0 Å². The number of aromatic nitrogens is 4. The number of ether oxygens (including phenoxy) is 1. The van der Waals surface area contributed by atoms with Crippen LogP contribution in [0.5, 0.6) is 5.75 Å². The maximum absolute atomic E-state index is 5.97. The van der Waals surface area contributed by atoms with Gasteiger partial charge in [-0.2, -0.15) is 5.10 Å². The molecule has 134 valence electrons. The second-order valence-corrected chi connectivity index (χ2v) is 6.18. The summed E-state index contributed by atoms with van der Waals surface area (Å²) in [7, 11) is 0. The normalized spacial score (nSPS) is 11.5. The molecule has 0 fully saturated rings. The molecule has 4 aromatic rings. The van der Waals surface area contributed by atoms with E-state index in [9.17, 15) is 0 Å². The highest BCUT2D eigenvalue weighted by Gasteiger charge is 2.11. The van der Waals surface area contributed by atoms with Gasteiger partial charge in [-0.3, -0.25) is 5.10 Å². The van der Waals surface area contributed by atoms with Crippen LogP contribution in [-0.2, 0) is 6.61 Å². The molecule has 0 radical (unpaired) electrons. The minimum absolute atomic E-state index is 0.427. The summed E-state index contributed by atoms with van der Waals surface area (Å²) >= 11 is 5.97. The fourth-order valence-corrected chi connectivity index (χ4v) is 2.67. The van der Waals surface area contributed by atoms with Crippen molar-refractivity contribution in [2.24, 2.45) is 0 Å². The predicted octanol–water partition coefficient (Wildman–Crippen LogP) is 4.61. The van der Waals surface area contributed by atoms with E-state index in [1.165, 1.54) is 6.39 Å². The summed E-state index contributed by atoms with van der Waals surface area (Å²) in [5.41, 5.74) is 3.64. The lowest BCUT2D eigenvalue weighted by Crippen LogP contribution is -1.96. The van der Waals surface area contributed by atoms with Crippen molar-refractivity contribution >= 4 is 23.3 Å². The lowest BCUT2D eigenvalue weighted by Gasteiger charge is -2.08. The van der Waals surface area contributed by atoms with Gasteiger partial charge in [0.15, 0.2) is 0 Å². The third kappa shape index (κ3) is 4.24. The minimum Gasteiger partial charge on any atom is -0.487 e. The number of H-pyrrole nitrogens is 1. The van der Waals surface area contributed by atoms with E-state index in [2.05, 4.69) is 20.4 Å². The van der Waals surface area contributed by atoms with Crippen LogP contribution in [0.1, 0.15) is 22.7 Å². The monoisotopic (exact) mass is 378 g/mol. The van der Waals surface area contributed by atoms with Crippen LogP contribution in [0.15, 0.2) is 71.6 Å². The number of halogens is 1. The summed E-state index contributed by atoms with van der Waals surface area (Å²) < 4.78 is 11.2. The fraction of sp³-hybridized carbons (Fsp3) is 0.0500. The van der Waals surface area contributed by atoms with Crippen LogP contribution in [0.3, 0.4) is 0 Å². The Labute approximate surface area is 160 Å². The third-order valence-corrected chi connectivity index (χ3v) is 4.14. The minimum atomic E-state index is 0.427.